The summed E-state index contributed by atoms with van der Waals surface area (Å²) in [5.41, 5.74) is 0.419. The van der Waals surface area contributed by atoms with Gasteiger partial charge in [-0.2, -0.15) is 0 Å². The maximum Gasteiger partial charge on any atom is 0.255 e. The highest BCUT2D eigenvalue weighted by Crippen LogP contribution is 2.18. The van der Waals surface area contributed by atoms with Crippen LogP contribution >= 0.6 is 11.6 Å². The van der Waals surface area contributed by atoms with Gasteiger partial charge < -0.3 is 15.3 Å². The number of piperidine rings is 1. The van der Waals surface area contributed by atoms with E-state index in [9.17, 15) is 9.90 Å². The Morgan fingerprint density at radius 2 is 2.13 bits per heavy atom. The van der Waals surface area contributed by atoms with E-state index in [4.69, 9.17) is 11.6 Å². The van der Waals surface area contributed by atoms with Gasteiger partial charge in [-0.1, -0.05) is 11.6 Å². The van der Waals surface area contributed by atoms with Gasteiger partial charge in [0, 0.05) is 37.9 Å². The second-order valence-corrected chi connectivity index (χ2v) is 5.76. The zero-order valence-corrected chi connectivity index (χ0v) is 13.0. The first-order valence-corrected chi connectivity index (χ1v) is 7.63. The number of carbonyl (C=O) groups is 1. The number of nitrogens with one attached hydrogen (secondary N) is 1. The lowest BCUT2D eigenvalue weighted by Gasteiger charge is -2.36. The summed E-state index contributed by atoms with van der Waals surface area (Å²) in [6.07, 6.45) is 6.10. The Morgan fingerprint density at radius 1 is 1.35 bits per heavy atom. The molecule has 0 unspecified atom stereocenters. The van der Waals surface area contributed by atoms with Crippen LogP contribution in [0.1, 0.15) is 16.8 Å². The Morgan fingerprint density at radius 3 is 2.83 bits per heavy atom. The molecule has 1 amide bonds. The zero-order chi connectivity index (χ0) is 16.2. The quantitative estimate of drug-likeness (QED) is 0.877. The first-order chi connectivity index (χ1) is 11.1. The first-order valence-electron chi connectivity index (χ1n) is 7.25. The molecule has 1 saturated heterocycles. The molecular weight excluding hydrogens is 318 g/mol. The van der Waals surface area contributed by atoms with Crippen LogP contribution in [0.2, 0.25) is 5.02 Å². The molecule has 0 aromatic carbocycles. The second kappa shape index (κ2) is 6.89. The third-order valence-corrected chi connectivity index (χ3v) is 3.91. The molecule has 1 aliphatic heterocycles. The van der Waals surface area contributed by atoms with E-state index in [1.807, 2.05) is 0 Å². The minimum Gasteiger partial charge on any atom is -0.389 e. The highest BCUT2D eigenvalue weighted by Gasteiger charge is 2.31. The molecule has 1 fully saturated rings. The molecule has 1 aliphatic rings. The highest BCUT2D eigenvalue weighted by molar-refractivity contribution is 6.30. The van der Waals surface area contributed by atoms with Gasteiger partial charge in [0.15, 0.2) is 0 Å². The van der Waals surface area contributed by atoms with E-state index in [0.29, 0.717) is 29.5 Å². The Bertz CT molecular complexity index is 685. The van der Waals surface area contributed by atoms with Gasteiger partial charge in [0.1, 0.15) is 0 Å². The lowest BCUT2D eigenvalue weighted by molar-refractivity contribution is 0.0425. The van der Waals surface area contributed by atoms with Crippen LogP contribution in [0.15, 0.2) is 36.9 Å². The van der Waals surface area contributed by atoms with E-state index in [1.165, 1.54) is 12.4 Å². The molecule has 3 rings (SSSR count). The van der Waals surface area contributed by atoms with Crippen molar-refractivity contribution in [3.8, 4) is 0 Å². The fourth-order valence-electron chi connectivity index (χ4n) is 2.54. The minimum atomic E-state index is -0.705. The van der Waals surface area contributed by atoms with Crippen LogP contribution in [0.4, 0.5) is 5.95 Å². The van der Waals surface area contributed by atoms with Gasteiger partial charge in [0.2, 0.25) is 5.95 Å². The summed E-state index contributed by atoms with van der Waals surface area (Å²) in [7, 11) is 0. The maximum absolute atomic E-state index is 12.4. The summed E-state index contributed by atoms with van der Waals surface area (Å²) in [6, 6.07) is 3.10. The summed E-state index contributed by atoms with van der Waals surface area (Å²) in [6.45, 7) is 0.753. The summed E-state index contributed by atoms with van der Waals surface area (Å²) in [5, 5.41) is 13.8. The molecule has 23 heavy (non-hydrogen) atoms. The zero-order valence-electron chi connectivity index (χ0n) is 12.3. The Labute approximate surface area is 138 Å². The fraction of sp³-hybridized carbons (Fsp3) is 0.333. The minimum absolute atomic E-state index is 0.187. The van der Waals surface area contributed by atoms with Crippen LogP contribution in [0, 0.1) is 0 Å². The molecule has 0 radical (unpaired) electrons. The number of amides is 1. The molecule has 0 spiro atoms. The van der Waals surface area contributed by atoms with Gasteiger partial charge in [-0.25, -0.2) is 9.97 Å². The standard InChI is InChI=1S/C15H16ClN5O2/c16-11-6-10(7-17-8-11)14(23)21-5-2-12(13(22)9-21)20-15-18-3-1-4-19-15/h1,3-4,6-8,12-13,22H,2,5,9H2,(H,18,19,20)/t12-,13-/m1/s1. The Balaban J connectivity index is 1.63. The number of anilines is 1. The van der Waals surface area contributed by atoms with Crippen LogP contribution in [-0.4, -0.2) is 56.1 Å². The number of rotatable bonds is 3. The van der Waals surface area contributed by atoms with Crippen molar-refractivity contribution in [3.63, 3.8) is 0 Å². The number of aliphatic hydroxyl groups excluding tert-OH is 1. The molecule has 2 atom stereocenters. The molecular formula is C15H16ClN5O2. The monoisotopic (exact) mass is 333 g/mol. The number of aliphatic hydroxyl groups is 1. The highest BCUT2D eigenvalue weighted by atomic mass is 35.5. The number of hydrogen-bond donors (Lipinski definition) is 2. The Kier molecular flexibility index (Phi) is 4.68. The van der Waals surface area contributed by atoms with E-state index in [-0.39, 0.29) is 18.5 Å². The summed E-state index contributed by atoms with van der Waals surface area (Å²) < 4.78 is 0. The van der Waals surface area contributed by atoms with Crippen molar-refractivity contribution in [1.82, 2.24) is 19.9 Å². The predicted molar refractivity (Wildman–Crippen MR) is 85.2 cm³/mol. The second-order valence-electron chi connectivity index (χ2n) is 5.32. The molecule has 120 valence electrons. The molecule has 0 aliphatic carbocycles. The van der Waals surface area contributed by atoms with Crippen LogP contribution in [0.3, 0.4) is 0 Å². The van der Waals surface area contributed by atoms with Crippen molar-refractivity contribution in [3.05, 3.63) is 47.5 Å². The van der Waals surface area contributed by atoms with E-state index in [1.54, 1.807) is 29.4 Å². The topological polar surface area (TPSA) is 91.2 Å². The van der Waals surface area contributed by atoms with Crippen LogP contribution in [0.25, 0.3) is 0 Å². The predicted octanol–water partition coefficient (Wildman–Crippen LogP) is 1.21. The van der Waals surface area contributed by atoms with E-state index < -0.39 is 6.10 Å². The van der Waals surface area contributed by atoms with E-state index in [0.717, 1.165) is 0 Å². The smallest absolute Gasteiger partial charge is 0.255 e. The number of halogens is 1. The average molecular weight is 334 g/mol. The van der Waals surface area contributed by atoms with Crippen molar-refractivity contribution in [2.45, 2.75) is 18.6 Å². The molecule has 2 N–H and O–H groups in total. The van der Waals surface area contributed by atoms with Gasteiger partial charge in [-0.3, -0.25) is 9.78 Å². The van der Waals surface area contributed by atoms with Crippen LogP contribution < -0.4 is 5.32 Å². The number of nitrogens with zero attached hydrogens (tertiary/aromatic N) is 4. The number of hydrogen-bond acceptors (Lipinski definition) is 6. The number of carbonyl (C=O) groups excluding carboxylic acids is 1. The molecule has 0 bridgehead atoms. The summed E-state index contributed by atoms with van der Waals surface area (Å²) >= 11 is 5.86. The van der Waals surface area contributed by atoms with Crippen molar-refractivity contribution in [1.29, 1.82) is 0 Å². The molecule has 3 heterocycles. The third-order valence-electron chi connectivity index (χ3n) is 3.70. The van der Waals surface area contributed by atoms with Crippen LogP contribution in [0.5, 0.6) is 0 Å². The normalized spacial score (nSPS) is 21.0. The van der Waals surface area contributed by atoms with Crippen molar-refractivity contribution in [2.75, 3.05) is 18.4 Å². The average Bonchev–Trinajstić information content (AvgIpc) is 2.57. The molecule has 0 saturated carbocycles. The third kappa shape index (κ3) is 3.75. The molecule has 7 nitrogen and oxygen atoms in total. The summed E-state index contributed by atoms with van der Waals surface area (Å²) in [4.78, 5) is 26.1. The van der Waals surface area contributed by atoms with Gasteiger partial charge in [0.25, 0.3) is 5.91 Å². The SMILES string of the molecule is O=C(c1cncc(Cl)c1)N1CC[C@@H](Nc2ncccn2)[C@H](O)C1. The number of likely N-dealkylation sites (tertiary alicyclic amines) is 1. The molecule has 2 aromatic heterocycles. The number of β-amino-alcohol motifs (C(OH)–C–C–N with tert-alkyl or cyclic N) is 1. The molecule has 2 aromatic rings. The van der Waals surface area contributed by atoms with Crippen molar-refractivity contribution in [2.24, 2.45) is 0 Å². The maximum atomic E-state index is 12.4. The van der Waals surface area contributed by atoms with Crippen LogP contribution in [-0.2, 0) is 0 Å². The van der Waals surface area contributed by atoms with Gasteiger partial charge >= 0.3 is 0 Å². The van der Waals surface area contributed by atoms with Gasteiger partial charge in [-0.15, -0.1) is 0 Å². The summed E-state index contributed by atoms with van der Waals surface area (Å²) in [5.74, 6) is 0.281. The first kappa shape index (κ1) is 15.6. The van der Waals surface area contributed by atoms with Crippen molar-refractivity contribution >= 4 is 23.5 Å². The van der Waals surface area contributed by atoms with E-state index >= 15 is 0 Å². The number of aromatic nitrogens is 3. The van der Waals surface area contributed by atoms with Gasteiger partial charge in [-0.05, 0) is 18.6 Å². The largest absolute Gasteiger partial charge is 0.389 e. The fourth-order valence-corrected chi connectivity index (χ4v) is 2.71. The lowest BCUT2D eigenvalue weighted by atomic mass is 10.0. The Hall–Kier alpha value is -2.25. The lowest BCUT2D eigenvalue weighted by Crippen LogP contribution is -2.51. The molecule has 8 heteroatoms. The number of pyridine rings is 1. The van der Waals surface area contributed by atoms with Crippen molar-refractivity contribution < 1.29 is 9.90 Å². The van der Waals surface area contributed by atoms with E-state index in [2.05, 4.69) is 20.3 Å². The van der Waals surface area contributed by atoms with Gasteiger partial charge in [0.05, 0.1) is 22.7 Å².